The Morgan fingerprint density at radius 2 is 2.24 bits per heavy atom. The number of hydrogen-bond acceptors (Lipinski definition) is 5. The van der Waals surface area contributed by atoms with Crippen LogP contribution >= 0.6 is 0 Å². The lowest BCUT2D eigenvalue weighted by Gasteiger charge is -2.04. The lowest BCUT2D eigenvalue weighted by Crippen LogP contribution is -2.05. The van der Waals surface area contributed by atoms with Crippen molar-refractivity contribution in [2.75, 3.05) is 0 Å². The first-order chi connectivity index (χ1) is 8.05. The van der Waals surface area contributed by atoms with Crippen molar-refractivity contribution in [2.24, 2.45) is 0 Å². The van der Waals surface area contributed by atoms with Gasteiger partial charge in [0.1, 0.15) is 12.0 Å². The molecule has 0 heterocycles. The molecule has 0 aliphatic rings. The molecule has 0 N–H and O–H groups in total. The minimum absolute atomic E-state index is 0.0761. The van der Waals surface area contributed by atoms with Crippen molar-refractivity contribution in [3.05, 3.63) is 49.0 Å². The maximum atomic E-state index is 11.2. The van der Waals surface area contributed by atoms with Gasteiger partial charge in [0.05, 0.1) is 12.1 Å². The summed E-state index contributed by atoms with van der Waals surface area (Å²) >= 11 is 0. The molecular weight excluding hydrogens is 242 g/mol. The average Bonchev–Trinajstić information content (AvgIpc) is 2.26. The summed E-state index contributed by atoms with van der Waals surface area (Å²) in [6.07, 6.45) is 8.29. The van der Waals surface area contributed by atoms with Gasteiger partial charge in [-0.1, -0.05) is 25.7 Å². The molecule has 0 aromatic heterocycles. The molecule has 0 rings (SSSR count). The summed E-state index contributed by atoms with van der Waals surface area (Å²) in [6, 6.07) is 1.58. The van der Waals surface area contributed by atoms with E-state index in [-0.39, 0.29) is 5.76 Å². The number of allylic oxidation sites excluding steroid dienone is 5. The minimum atomic E-state index is -4.21. The second-order valence-corrected chi connectivity index (χ2v) is 3.81. The van der Waals surface area contributed by atoms with E-state index in [4.69, 9.17) is 5.26 Å². The van der Waals surface area contributed by atoms with E-state index in [0.717, 1.165) is 18.8 Å². The normalized spacial score (nSPS) is 12.6. The van der Waals surface area contributed by atoms with Gasteiger partial charge in [-0.05, 0) is 18.6 Å². The Hall–Kier alpha value is -2.00. The molecule has 0 bridgehead atoms. The van der Waals surface area contributed by atoms with E-state index in [1.54, 1.807) is 12.1 Å². The molecule has 0 aromatic rings. The van der Waals surface area contributed by atoms with Gasteiger partial charge in [-0.15, -0.1) is 8.42 Å². The maximum absolute atomic E-state index is 11.2. The van der Waals surface area contributed by atoms with Gasteiger partial charge in [0, 0.05) is 0 Å². The van der Waals surface area contributed by atoms with Gasteiger partial charge in [0.15, 0.2) is 0 Å². The third-order valence-corrected chi connectivity index (χ3v) is 2.06. The zero-order valence-corrected chi connectivity index (χ0v) is 10.2. The molecule has 0 unspecified atom stereocenters. The number of nitriles is 1. The van der Waals surface area contributed by atoms with Crippen LogP contribution in [-0.4, -0.2) is 8.42 Å². The largest absolute Gasteiger partial charge is 0.500 e. The Kier molecular flexibility index (Phi) is 7.22. The van der Waals surface area contributed by atoms with Crippen molar-refractivity contribution in [3.63, 3.8) is 0 Å². The molecule has 92 valence electrons. The molecule has 0 aliphatic heterocycles. The fourth-order valence-electron chi connectivity index (χ4n) is 0.725. The van der Waals surface area contributed by atoms with E-state index in [9.17, 15) is 8.42 Å². The van der Waals surface area contributed by atoms with Gasteiger partial charge >= 0.3 is 10.4 Å². The number of rotatable bonds is 7. The monoisotopic (exact) mass is 255 g/mol. The van der Waals surface area contributed by atoms with Crippen LogP contribution in [0.4, 0.5) is 0 Å². The fourth-order valence-corrected chi connectivity index (χ4v) is 1.30. The second-order valence-electron chi connectivity index (χ2n) is 2.64. The van der Waals surface area contributed by atoms with Crippen LogP contribution in [0.5, 0.6) is 0 Å². The van der Waals surface area contributed by atoms with E-state index in [0.29, 0.717) is 0 Å². The molecule has 0 spiro atoms. The summed E-state index contributed by atoms with van der Waals surface area (Å²) in [5.41, 5.74) is 0. The molecule has 0 saturated heterocycles. The number of nitrogens with zero attached hydrogens (tertiary/aromatic N) is 1. The van der Waals surface area contributed by atoms with Crippen molar-refractivity contribution in [1.29, 1.82) is 5.26 Å². The van der Waals surface area contributed by atoms with Crippen LogP contribution in [-0.2, 0) is 18.8 Å². The predicted molar refractivity (Wildman–Crippen MR) is 63.6 cm³/mol. The smallest absolute Gasteiger partial charge is 0.360 e. The number of hydrogen-bond donors (Lipinski definition) is 0. The van der Waals surface area contributed by atoms with Gasteiger partial charge < -0.3 is 8.37 Å². The van der Waals surface area contributed by atoms with E-state index < -0.39 is 10.4 Å². The topological polar surface area (TPSA) is 76.4 Å². The Morgan fingerprint density at radius 1 is 1.53 bits per heavy atom. The summed E-state index contributed by atoms with van der Waals surface area (Å²) < 4.78 is 31.4. The van der Waals surface area contributed by atoms with E-state index in [2.05, 4.69) is 14.9 Å². The molecule has 6 heteroatoms. The third kappa shape index (κ3) is 7.88. The zero-order valence-electron chi connectivity index (χ0n) is 9.37. The van der Waals surface area contributed by atoms with Crippen molar-refractivity contribution >= 4 is 10.4 Å². The van der Waals surface area contributed by atoms with Gasteiger partial charge in [0.2, 0.25) is 0 Å². The summed E-state index contributed by atoms with van der Waals surface area (Å²) in [4.78, 5) is 0. The zero-order chi connectivity index (χ0) is 13.1. The average molecular weight is 255 g/mol. The standard InChI is InChI=1S/C11H13NO4S/c1-3-5-8-11(7-4-2)16-17(13,14)15-10-6-9-12/h4-8,10H,2-3H2,1H3/b8-5-,10-6+,11-7+. The quantitative estimate of drug-likeness (QED) is 0.396. The molecule has 0 fully saturated rings. The SMILES string of the molecule is C=C/C=C(\C=C/CC)OS(=O)(=O)O/C=C/C#N. The first kappa shape index (κ1) is 15.0. The highest BCUT2D eigenvalue weighted by Crippen LogP contribution is 2.08. The van der Waals surface area contributed by atoms with Crippen molar-refractivity contribution < 1.29 is 16.8 Å². The molecule has 0 saturated carbocycles. The van der Waals surface area contributed by atoms with Crippen LogP contribution in [0, 0.1) is 11.3 Å². The first-order valence-electron chi connectivity index (χ1n) is 4.72. The predicted octanol–water partition coefficient (Wildman–Crippen LogP) is 2.34. The Bertz CT molecular complexity index is 466. The molecule has 0 aliphatic carbocycles. The fraction of sp³-hybridized carbons (Fsp3) is 0.182. The molecule has 0 aromatic carbocycles. The van der Waals surface area contributed by atoms with Crippen LogP contribution in [0.25, 0.3) is 0 Å². The van der Waals surface area contributed by atoms with Crippen LogP contribution < -0.4 is 0 Å². The molecular formula is C11H13NO4S. The van der Waals surface area contributed by atoms with Crippen LogP contribution in [0.1, 0.15) is 13.3 Å². The Morgan fingerprint density at radius 3 is 2.76 bits per heavy atom. The molecule has 0 amide bonds. The van der Waals surface area contributed by atoms with Crippen molar-refractivity contribution in [3.8, 4) is 6.07 Å². The highest BCUT2D eigenvalue weighted by Gasteiger charge is 2.12. The second kappa shape index (κ2) is 8.19. The van der Waals surface area contributed by atoms with Crippen molar-refractivity contribution in [2.45, 2.75) is 13.3 Å². The molecule has 0 radical (unpaired) electrons. The van der Waals surface area contributed by atoms with E-state index in [1.807, 2.05) is 6.92 Å². The minimum Gasteiger partial charge on any atom is -0.360 e. The van der Waals surface area contributed by atoms with Crippen molar-refractivity contribution in [1.82, 2.24) is 0 Å². The van der Waals surface area contributed by atoms with E-state index >= 15 is 0 Å². The Balaban J connectivity index is 4.71. The lowest BCUT2D eigenvalue weighted by atomic mass is 10.3. The highest BCUT2D eigenvalue weighted by atomic mass is 32.3. The summed E-state index contributed by atoms with van der Waals surface area (Å²) in [5, 5.41) is 8.16. The van der Waals surface area contributed by atoms with Gasteiger partial charge in [-0.2, -0.15) is 5.26 Å². The third-order valence-electron chi connectivity index (χ3n) is 1.31. The van der Waals surface area contributed by atoms with E-state index in [1.165, 1.54) is 18.2 Å². The summed E-state index contributed by atoms with van der Waals surface area (Å²) in [7, 11) is -4.21. The van der Waals surface area contributed by atoms with Gasteiger partial charge in [0.25, 0.3) is 0 Å². The summed E-state index contributed by atoms with van der Waals surface area (Å²) in [5.74, 6) is 0.0761. The van der Waals surface area contributed by atoms with Crippen LogP contribution in [0.15, 0.2) is 49.0 Å². The summed E-state index contributed by atoms with van der Waals surface area (Å²) in [6.45, 7) is 5.32. The lowest BCUT2D eigenvalue weighted by molar-refractivity contribution is 0.322. The van der Waals surface area contributed by atoms with Gasteiger partial charge in [-0.3, -0.25) is 0 Å². The van der Waals surface area contributed by atoms with Gasteiger partial charge in [-0.25, -0.2) is 0 Å². The Labute approximate surface area is 101 Å². The molecule has 5 nitrogen and oxygen atoms in total. The first-order valence-corrected chi connectivity index (χ1v) is 6.05. The maximum Gasteiger partial charge on any atom is 0.500 e. The van der Waals surface area contributed by atoms with Crippen LogP contribution in [0.2, 0.25) is 0 Å². The highest BCUT2D eigenvalue weighted by molar-refractivity contribution is 7.82. The molecule has 17 heavy (non-hydrogen) atoms. The van der Waals surface area contributed by atoms with Crippen LogP contribution in [0.3, 0.4) is 0 Å². The molecule has 0 atom stereocenters.